The first-order valence-corrected chi connectivity index (χ1v) is 10.5. The largest absolute Gasteiger partial charge is 0.482 e. The molecule has 0 spiro atoms. The number of aromatic nitrogens is 5. The molecule has 0 atom stereocenters. The highest BCUT2D eigenvalue weighted by atomic mass is 16.6. The number of nitrogens with zero attached hydrogens (tertiary/aromatic N) is 7. The van der Waals surface area contributed by atoms with Gasteiger partial charge >= 0.3 is 5.97 Å². The number of hydrogen-bond acceptors (Lipinski definition) is 11. The fourth-order valence-electron chi connectivity index (χ4n) is 3.14. The lowest BCUT2D eigenvalue weighted by atomic mass is 10.2. The molecular formula is C22H21N9O5. The number of amides is 1. The zero-order chi connectivity index (χ0) is 25.5. The zero-order valence-corrected chi connectivity index (χ0v) is 19.0. The van der Waals surface area contributed by atoms with Crippen LogP contribution in [-0.4, -0.2) is 62.2 Å². The quantitative estimate of drug-likeness (QED) is 0.213. The van der Waals surface area contributed by atoms with Crippen LogP contribution in [0.1, 0.15) is 21.7 Å². The van der Waals surface area contributed by atoms with E-state index in [1.165, 1.54) is 10.9 Å². The highest BCUT2D eigenvalue weighted by molar-refractivity contribution is 5.94. The lowest BCUT2D eigenvalue weighted by Crippen LogP contribution is -2.24. The topological polar surface area (TPSA) is 187 Å². The first kappa shape index (κ1) is 23.9. The number of carboxylic acid groups (broad SMARTS) is 1. The van der Waals surface area contributed by atoms with Crippen molar-refractivity contribution in [2.75, 3.05) is 24.3 Å². The molecule has 2 aromatic heterocycles. The highest BCUT2D eigenvalue weighted by Gasteiger charge is 2.25. The zero-order valence-electron chi connectivity index (χ0n) is 19.0. The van der Waals surface area contributed by atoms with Crippen LogP contribution in [0.3, 0.4) is 0 Å². The van der Waals surface area contributed by atoms with Crippen LogP contribution in [0.4, 0.5) is 11.5 Å². The Morgan fingerprint density at radius 3 is 2.61 bits per heavy atom. The molecule has 184 valence electrons. The number of nitrogen functional groups attached to an aromatic ring is 1. The SMILES string of the molecule is CN(Cc1c(C(=O)N/N=C\c2ccc(OCC(=O)O)cc2)nnn1-c1nonc1N)c1ccccc1. The Balaban J connectivity index is 1.51. The Bertz CT molecular complexity index is 1370. The van der Waals surface area contributed by atoms with Crippen LogP contribution in [0.25, 0.3) is 5.82 Å². The van der Waals surface area contributed by atoms with E-state index in [2.05, 4.69) is 35.8 Å². The molecule has 0 saturated heterocycles. The average Bonchev–Trinajstić information content (AvgIpc) is 3.49. The van der Waals surface area contributed by atoms with Gasteiger partial charge in [-0.2, -0.15) is 9.78 Å². The summed E-state index contributed by atoms with van der Waals surface area (Å²) < 4.78 is 11.0. The van der Waals surface area contributed by atoms with Gasteiger partial charge in [0.05, 0.1) is 18.5 Å². The number of anilines is 2. The van der Waals surface area contributed by atoms with Gasteiger partial charge in [-0.05, 0) is 52.3 Å². The molecule has 4 N–H and O–H groups in total. The van der Waals surface area contributed by atoms with Crippen LogP contribution in [0.5, 0.6) is 5.75 Å². The van der Waals surface area contributed by atoms with Crippen molar-refractivity contribution in [3.8, 4) is 11.6 Å². The van der Waals surface area contributed by atoms with E-state index in [9.17, 15) is 9.59 Å². The van der Waals surface area contributed by atoms with Crippen molar-refractivity contribution < 1.29 is 24.1 Å². The summed E-state index contributed by atoms with van der Waals surface area (Å²) in [7, 11) is 1.85. The van der Waals surface area contributed by atoms with Crippen molar-refractivity contribution >= 4 is 29.6 Å². The Morgan fingerprint density at radius 1 is 1.19 bits per heavy atom. The fourth-order valence-corrected chi connectivity index (χ4v) is 3.14. The summed E-state index contributed by atoms with van der Waals surface area (Å²) >= 11 is 0. The van der Waals surface area contributed by atoms with Gasteiger partial charge in [0, 0.05) is 12.7 Å². The number of carboxylic acids is 1. The third-order valence-electron chi connectivity index (χ3n) is 4.88. The maximum atomic E-state index is 12.9. The van der Waals surface area contributed by atoms with Crippen LogP contribution >= 0.6 is 0 Å². The number of aliphatic carboxylic acids is 1. The number of carbonyl (C=O) groups excluding carboxylic acids is 1. The Labute approximate surface area is 203 Å². The molecular weight excluding hydrogens is 470 g/mol. The molecule has 4 aromatic rings. The van der Waals surface area contributed by atoms with Crippen LogP contribution in [0, 0.1) is 0 Å². The van der Waals surface area contributed by atoms with Gasteiger partial charge in [0.1, 0.15) is 5.75 Å². The minimum Gasteiger partial charge on any atom is -0.482 e. The molecule has 1 amide bonds. The molecule has 0 aliphatic heterocycles. The molecule has 0 unspecified atom stereocenters. The van der Waals surface area contributed by atoms with E-state index in [0.717, 1.165) is 5.69 Å². The number of hydrogen-bond donors (Lipinski definition) is 3. The molecule has 0 aliphatic carbocycles. The lowest BCUT2D eigenvalue weighted by Gasteiger charge is -2.19. The fraction of sp³-hybridized carbons (Fsp3) is 0.136. The van der Waals surface area contributed by atoms with Crippen LogP contribution in [0.15, 0.2) is 64.3 Å². The second-order valence-corrected chi connectivity index (χ2v) is 7.41. The van der Waals surface area contributed by atoms with Gasteiger partial charge in [-0.1, -0.05) is 23.4 Å². The molecule has 0 aliphatic rings. The summed E-state index contributed by atoms with van der Waals surface area (Å²) in [6.07, 6.45) is 1.42. The molecule has 2 heterocycles. The molecule has 14 nitrogen and oxygen atoms in total. The molecule has 4 rings (SSSR count). The molecule has 0 fully saturated rings. The van der Waals surface area contributed by atoms with Gasteiger partial charge in [-0.3, -0.25) is 4.79 Å². The molecule has 2 aromatic carbocycles. The van der Waals surface area contributed by atoms with E-state index in [1.807, 2.05) is 42.3 Å². The number of hydrazone groups is 1. The van der Waals surface area contributed by atoms with E-state index in [4.69, 9.17) is 15.6 Å². The summed E-state index contributed by atoms with van der Waals surface area (Å²) in [5.74, 6) is -1.19. The third-order valence-corrected chi connectivity index (χ3v) is 4.88. The monoisotopic (exact) mass is 491 g/mol. The maximum absolute atomic E-state index is 12.9. The summed E-state index contributed by atoms with van der Waals surface area (Å²) in [5.41, 5.74) is 10.2. The predicted molar refractivity (Wildman–Crippen MR) is 127 cm³/mol. The van der Waals surface area contributed by atoms with E-state index in [1.54, 1.807) is 24.3 Å². The number of carbonyl (C=O) groups is 2. The summed E-state index contributed by atoms with van der Waals surface area (Å²) in [6.45, 7) is -0.213. The van der Waals surface area contributed by atoms with Gasteiger partial charge in [0.2, 0.25) is 11.6 Å². The Morgan fingerprint density at radius 2 is 1.94 bits per heavy atom. The van der Waals surface area contributed by atoms with E-state index in [0.29, 0.717) is 17.0 Å². The molecule has 0 bridgehead atoms. The van der Waals surface area contributed by atoms with E-state index >= 15 is 0 Å². The summed E-state index contributed by atoms with van der Waals surface area (Å²) in [6, 6.07) is 16.0. The van der Waals surface area contributed by atoms with Crippen molar-refractivity contribution in [3.05, 3.63) is 71.5 Å². The van der Waals surface area contributed by atoms with Crippen molar-refractivity contribution in [1.82, 2.24) is 30.7 Å². The smallest absolute Gasteiger partial charge is 0.341 e. The van der Waals surface area contributed by atoms with Crippen molar-refractivity contribution in [3.63, 3.8) is 0 Å². The first-order valence-electron chi connectivity index (χ1n) is 10.5. The van der Waals surface area contributed by atoms with Crippen LogP contribution < -0.4 is 20.8 Å². The van der Waals surface area contributed by atoms with Crippen molar-refractivity contribution in [1.29, 1.82) is 0 Å². The summed E-state index contributed by atoms with van der Waals surface area (Å²) in [5, 5.41) is 28.0. The second-order valence-electron chi connectivity index (χ2n) is 7.41. The molecule has 36 heavy (non-hydrogen) atoms. The number of rotatable bonds is 10. The van der Waals surface area contributed by atoms with Gasteiger partial charge in [0.15, 0.2) is 12.3 Å². The van der Waals surface area contributed by atoms with Crippen molar-refractivity contribution in [2.24, 2.45) is 5.10 Å². The number of benzene rings is 2. The minimum atomic E-state index is -1.07. The predicted octanol–water partition coefficient (Wildman–Crippen LogP) is 1.10. The highest BCUT2D eigenvalue weighted by Crippen LogP contribution is 2.20. The molecule has 14 heteroatoms. The average molecular weight is 491 g/mol. The van der Waals surface area contributed by atoms with Crippen molar-refractivity contribution in [2.45, 2.75) is 6.54 Å². The Hall–Kier alpha value is -5.27. The maximum Gasteiger partial charge on any atom is 0.341 e. The number of nitrogens with one attached hydrogen (secondary N) is 1. The van der Waals surface area contributed by atoms with Gasteiger partial charge in [-0.25, -0.2) is 14.8 Å². The summed E-state index contributed by atoms with van der Waals surface area (Å²) in [4.78, 5) is 25.4. The minimum absolute atomic E-state index is 0.00903. The van der Waals surface area contributed by atoms with E-state index < -0.39 is 18.5 Å². The van der Waals surface area contributed by atoms with Gasteiger partial charge in [0.25, 0.3) is 5.91 Å². The first-order chi connectivity index (χ1) is 17.4. The number of nitrogens with two attached hydrogens (primary N) is 1. The number of para-hydroxylation sites is 1. The van der Waals surface area contributed by atoms with Crippen LogP contribution in [-0.2, 0) is 11.3 Å². The standard InChI is InChI=1S/C22H21N9O5/c1-30(15-5-3-2-4-6-15)12-17-19(25-29-31(17)21-20(23)27-36-28-21)22(34)26-24-11-14-7-9-16(10-8-14)35-13-18(32)33/h2-11H,12-13H2,1H3,(H2,23,27)(H,26,34)(H,32,33)/b24-11-. The van der Waals surface area contributed by atoms with Gasteiger partial charge in [-0.15, -0.1) is 5.10 Å². The normalized spacial score (nSPS) is 10.9. The van der Waals surface area contributed by atoms with E-state index in [-0.39, 0.29) is 23.9 Å². The molecule has 0 radical (unpaired) electrons. The van der Waals surface area contributed by atoms with Gasteiger partial charge < -0.3 is 20.5 Å². The second kappa shape index (κ2) is 10.8. The Kier molecular flexibility index (Phi) is 7.14. The number of ether oxygens (including phenoxy) is 1. The lowest BCUT2D eigenvalue weighted by molar-refractivity contribution is -0.139. The third kappa shape index (κ3) is 5.61. The molecule has 0 saturated carbocycles. The van der Waals surface area contributed by atoms with Crippen LogP contribution in [0.2, 0.25) is 0 Å².